The number of hydrogen-bond donors (Lipinski definition) is 1. The summed E-state index contributed by atoms with van der Waals surface area (Å²) in [5.74, 6) is -0.00389. The molecule has 3 rings (SSSR count). The van der Waals surface area contributed by atoms with Gasteiger partial charge in [0.05, 0.1) is 11.4 Å². The second-order valence-electron chi connectivity index (χ2n) is 6.71. The SMILES string of the molecule is CCCN(C)c1ccc(C(=O)Nc2ccc(N3CCCS3(=O)=O)cc2)cc1. The van der Waals surface area contributed by atoms with Gasteiger partial charge in [-0.3, -0.25) is 9.10 Å². The molecule has 1 fully saturated rings. The minimum absolute atomic E-state index is 0.189. The van der Waals surface area contributed by atoms with Crippen LogP contribution in [0, 0.1) is 0 Å². The molecule has 0 saturated carbocycles. The zero-order chi connectivity index (χ0) is 19.4. The monoisotopic (exact) mass is 387 g/mol. The largest absolute Gasteiger partial charge is 0.375 e. The van der Waals surface area contributed by atoms with E-state index in [0.717, 1.165) is 18.7 Å². The quantitative estimate of drug-likeness (QED) is 0.825. The van der Waals surface area contributed by atoms with Gasteiger partial charge in [-0.05, 0) is 61.4 Å². The van der Waals surface area contributed by atoms with Crippen LogP contribution in [0.25, 0.3) is 0 Å². The molecular weight excluding hydrogens is 362 g/mol. The van der Waals surface area contributed by atoms with Crippen molar-refractivity contribution < 1.29 is 13.2 Å². The highest BCUT2D eigenvalue weighted by Gasteiger charge is 2.28. The number of sulfonamides is 1. The van der Waals surface area contributed by atoms with Crippen LogP contribution in [0.5, 0.6) is 0 Å². The van der Waals surface area contributed by atoms with Gasteiger partial charge in [-0.25, -0.2) is 8.42 Å². The van der Waals surface area contributed by atoms with Gasteiger partial charge in [0.1, 0.15) is 0 Å². The Balaban J connectivity index is 1.66. The zero-order valence-electron chi connectivity index (χ0n) is 15.7. The summed E-state index contributed by atoms with van der Waals surface area (Å²) in [6, 6.07) is 14.4. The molecule has 7 heteroatoms. The van der Waals surface area contributed by atoms with Crippen LogP contribution in [-0.4, -0.2) is 40.2 Å². The summed E-state index contributed by atoms with van der Waals surface area (Å²) in [6.45, 7) is 3.60. The fourth-order valence-corrected chi connectivity index (χ4v) is 4.74. The van der Waals surface area contributed by atoms with Gasteiger partial charge in [-0.2, -0.15) is 0 Å². The highest BCUT2D eigenvalue weighted by Crippen LogP contribution is 2.25. The second kappa shape index (κ2) is 8.00. The molecule has 0 unspecified atom stereocenters. The van der Waals surface area contributed by atoms with Crippen molar-refractivity contribution in [2.24, 2.45) is 0 Å². The van der Waals surface area contributed by atoms with Crippen LogP contribution in [0.2, 0.25) is 0 Å². The van der Waals surface area contributed by atoms with Crippen LogP contribution >= 0.6 is 0 Å². The van der Waals surface area contributed by atoms with Crippen LogP contribution in [0.1, 0.15) is 30.1 Å². The molecule has 0 radical (unpaired) electrons. The van der Waals surface area contributed by atoms with Crippen LogP contribution in [0.3, 0.4) is 0 Å². The lowest BCUT2D eigenvalue weighted by molar-refractivity contribution is 0.102. The number of nitrogens with zero attached hydrogens (tertiary/aromatic N) is 2. The van der Waals surface area contributed by atoms with Crippen molar-refractivity contribution in [1.29, 1.82) is 0 Å². The standard InChI is InChI=1S/C20H25N3O3S/c1-3-13-22(2)18-9-5-16(6-10-18)20(24)21-17-7-11-19(12-8-17)23-14-4-15-27(23,25)26/h5-12H,3-4,13-15H2,1-2H3,(H,21,24). The van der Waals surface area contributed by atoms with Crippen molar-refractivity contribution >= 4 is 33.0 Å². The summed E-state index contributed by atoms with van der Waals surface area (Å²) in [7, 11) is -1.16. The lowest BCUT2D eigenvalue weighted by atomic mass is 10.1. The first-order chi connectivity index (χ1) is 12.9. The minimum atomic E-state index is -3.19. The lowest BCUT2D eigenvalue weighted by Crippen LogP contribution is -2.25. The smallest absolute Gasteiger partial charge is 0.255 e. The third-order valence-corrected chi connectivity index (χ3v) is 6.51. The molecule has 1 aliphatic rings. The van der Waals surface area contributed by atoms with Crippen molar-refractivity contribution in [1.82, 2.24) is 0 Å². The predicted molar refractivity (Wildman–Crippen MR) is 110 cm³/mol. The molecule has 0 aromatic heterocycles. The zero-order valence-corrected chi connectivity index (χ0v) is 16.5. The summed E-state index contributed by atoms with van der Waals surface area (Å²) in [6.07, 6.45) is 1.71. The molecule has 1 amide bonds. The van der Waals surface area contributed by atoms with E-state index in [1.54, 1.807) is 24.3 Å². The van der Waals surface area contributed by atoms with Crippen molar-refractivity contribution in [3.8, 4) is 0 Å². The van der Waals surface area contributed by atoms with Gasteiger partial charge in [0.2, 0.25) is 10.0 Å². The molecule has 144 valence electrons. The number of rotatable bonds is 6. The van der Waals surface area contributed by atoms with E-state index in [4.69, 9.17) is 0 Å². The van der Waals surface area contributed by atoms with E-state index in [9.17, 15) is 13.2 Å². The van der Waals surface area contributed by atoms with E-state index < -0.39 is 10.0 Å². The van der Waals surface area contributed by atoms with Crippen LogP contribution in [0.15, 0.2) is 48.5 Å². The third kappa shape index (κ3) is 4.42. The van der Waals surface area contributed by atoms with Crippen molar-refractivity contribution in [2.75, 3.05) is 40.4 Å². The first-order valence-electron chi connectivity index (χ1n) is 9.14. The molecule has 2 aromatic rings. The molecule has 27 heavy (non-hydrogen) atoms. The first-order valence-corrected chi connectivity index (χ1v) is 10.7. The van der Waals surface area contributed by atoms with E-state index in [1.807, 2.05) is 31.3 Å². The Labute approximate surface area is 160 Å². The highest BCUT2D eigenvalue weighted by atomic mass is 32.2. The first kappa shape index (κ1) is 19.2. The van der Waals surface area contributed by atoms with Crippen LogP contribution in [-0.2, 0) is 10.0 Å². The van der Waals surface area contributed by atoms with E-state index in [-0.39, 0.29) is 11.7 Å². The summed E-state index contributed by atoms with van der Waals surface area (Å²) < 4.78 is 25.4. The normalized spacial score (nSPS) is 15.6. The molecule has 0 aliphatic carbocycles. The average molecular weight is 388 g/mol. The summed E-state index contributed by atoms with van der Waals surface area (Å²) >= 11 is 0. The van der Waals surface area contributed by atoms with Gasteiger partial charge in [-0.15, -0.1) is 0 Å². The predicted octanol–water partition coefficient (Wildman–Crippen LogP) is 3.33. The molecule has 1 saturated heterocycles. The average Bonchev–Trinajstić information content (AvgIpc) is 3.02. The summed E-state index contributed by atoms with van der Waals surface area (Å²) in [5, 5.41) is 2.85. The highest BCUT2D eigenvalue weighted by molar-refractivity contribution is 7.93. The molecule has 1 heterocycles. The number of anilines is 3. The second-order valence-corrected chi connectivity index (χ2v) is 8.72. The van der Waals surface area contributed by atoms with Gasteiger partial charge in [-0.1, -0.05) is 6.92 Å². The van der Waals surface area contributed by atoms with E-state index in [0.29, 0.717) is 29.9 Å². The van der Waals surface area contributed by atoms with Gasteiger partial charge in [0.15, 0.2) is 0 Å². The number of nitrogens with one attached hydrogen (secondary N) is 1. The van der Waals surface area contributed by atoms with Gasteiger partial charge >= 0.3 is 0 Å². The fraction of sp³-hybridized carbons (Fsp3) is 0.350. The van der Waals surface area contributed by atoms with Gasteiger partial charge in [0.25, 0.3) is 5.91 Å². The van der Waals surface area contributed by atoms with Crippen molar-refractivity contribution in [2.45, 2.75) is 19.8 Å². The number of hydrogen-bond acceptors (Lipinski definition) is 4. The van der Waals surface area contributed by atoms with Crippen molar-refractivity contribution in [3.05, 3.63) is 54.1 Å². The third-order valence-electron chi connectivity index (χ3n) is 4.64. The van der Waals surface area contributed by atoms with Gasteiger partial charge in [0, 0.05) is 37.1 Å². The Morgan fingerprint density at radius 1 is 1.11 bits per heavy atom. The molecule has 0 bridgehead atoms. The molecule has 0 atom stereocenters. The topological polar surface area (TPSA) is 69.7 Å². The molecule has 6 nitrogen and oxygen atoms in total. The van der Waals surface area contributed by atoms with Crippen LogP contribution < -0.4 is 14.5 Å². The number of benzene rings is 2. The maximum atomic E-state index is 12.4. The Hall–Kier alpha value is -2.54. The van der Waals surface area contributed by atoms with Gasteiger partial charge < -0.3 is 10.2 Å². The Kier molecular flexibility index (Phi) is 5.70. The molecule has 1 aliphatic heterocycles. The fourth-order valence-electron chi connectivity index (χ4n) is 3.18. The van der Waals surface area contributed by atoms with Crippen molar-refractivity contribution in [3.63, 3.8) is 0 Å². The Bertz CT molecular complexity index is 893. The number of amides is 1. The van der Waals surface area contributed by atoms with Crippen LogP contribution in [0.4, 0.5) is 17.1 Å². The number of carbonyl (C=O) groups excluding carboxylic acids is 1. The summed E-state index contributed by atoms with van der Waals surface area (Å²) in [5.41, 5.74) is 2.92. The van der Waals surface area contributed by atoms with E-state index in [2.05, 4.69) is 17.1 Å². The number of carbonyl (C=O) groups is 1. The summed E-state index contributed by atoms with van der Waals surface area (Å²) in [4.78, 5) is 14.6. The Morgan fingerprint density at radius 2 is 1.78 bits per heavy atom. The maximum absolute atomic E-state index is 12.4. The van der Waals surface area contributed by atoms with E-state index in [1.165, 1.54) is 4.31 Å². The molecule has 0 spiro atoms. The molecule has 1 N–H and O–H groups in total. The molecule has 2 aromatic carbocycles. The molecular formula is C20H25N3O3S. The Morgan fingerprint density at radius 3 is 2.33 bits per heavy atom. The lowest BCUT2D eigenvalue weighted by Gasteiger charge is -2.18. The minimum Gasteiger partial charge on any atom is -0.375 e. The van der Waals surface area contributed by atoms with E-state index >= 15 is 0 Å². The maximum Gasteiger partial charge on any atom is 0.255 e.